The maximum absolute atomic E-state index is 13.2. The van der Waals surface area contributed by atoms with Gasteiger partial charge in [0.2, 0.25) is 0 Å². The number of carbonyl (C=O) groups is 2. The first-order chi connectivity index (χ1) is 8.91. The fraction of sp³-hybridized carbons (Fsp3) is 0.385. The smallest absolute Gasteiger partial charge is 0.336 e. The Morgan fingerprint density at radius 2 is 1.84 bits per heavy atom. The minimum atomic E-state index is -1.45. The number of likely N-dealkylation sites (tertiary alicyclic amines) is 1. The molecule has 0 aromatic heterocycles. The van der Waals surface area contributed by atoms with Gasteiger partial charge >= 0.3 is 5.97 Å². The number of aromatic carboxylic acids is 1. The highest BCUT2D eigenvalue weighted by molar-refractivity contribution is 6.05. The lowest BCUT2D eigenvalue weighted by Gasteiger charge is -2.22. The Morgan fingerprint density at radius 1 is 1.26 bits per heavy atom. The second-order valence-corrected chi connectivity index (χ2v) is 4.61. The van der Waals surface area contributed by atoms with Crippen molar-refractivity contribution in [3.63, 3.8) is 0 Å². The van der Waals surface area contributed by atoms with Crippen molar-refractivity contribution in [3.05, 3.63) is 34.9 Å². The van der Waals surface area contributed by atoms with Gasteiger partial charge < -0.3 is 10.0 Å². The van der Waals surface area contributed by atoms with Crippen LogP contribution in [-0.2, 0) is 0 Å². The molecule has 0 radical (unpaired) electrons. The zero-order valence-corrected chi connectivity index (χ0v) is 10.3. The molecule has 1 heterocycles. The topological polar surface area (TPSA) is 57.6 Å². The Bertz CT molecular complexity index is 545. The fourth-order valence-electron chi connectivity index (χ4n) is 2.29. The number of nitrogens with zero attached hydrogens (tertiary/aromatic N) is 1. The summed E-state index contributed by atoms with van der Waals surface area (Å²) >= 11 is 0. The number of carboxylic acid groups (broad SMARTS) is 1. The molecule has 2 rings (SSSR count). The van der Waals surface area contributed by atoms with Gasteiger partial charge in [-0.1, -0.05) is 0 Å². The van der Waals surface area contributed by atoms with Gasteiger partial charge in [-0.3, -0.25) is 4.79 Å². The Kier molecular flexibility index (Phi) is 3.50. The molecule has 1 aliphatic heterocycles. The minimum absolute atomic E-state index is 0.0257. The summed E-state index contributed by atoms with van der Waals surface area (Å²) in [5.74, 6) is -4.51. The zero-order chi connectivity index (χ0) is 14.2. The summed E-state index contributed by atoms with van der Waals surface area (Å²) in [4.78, 5) is 24.7. The molecule has 1 amide bonds. The predicted octanol–water partition coefficient (Wildman–Crippen LogP) is 2.29. The highest BCUT2D eigenvalue weighted by atomic mass is 19.2. The number of halogens is 2. The summed E-state index contributed by atoms with van der Waals surface area (Å²) in [6.07, 6.45) is 1.64. The SMILES string of the molecule is CC1CCCN1C(=O)c1cc(F)c(F)cc1C(=O)O. The molecule has 0 bridgehead atoms. The molecule has 6 heteroatoms. The molecule has 1 aliphatic rings. The van der Waals surface area contributed by atoms with Crippen LogP contribution in [0, 0.1) is 11.6 Å². The first kappa shape index (κ1) is 13.5. The van der Waals surface area contributed by atoms with E-state index in [0.717, 1.165) is 12.8 Å². The first-order valence-corrected chi connectivity index (χ1v) is 5.95. The standard InChI is InChI=1S/C13H13F2NO3/c1-7-3-2-4-16(7)12(17)8-5-10(14)11(15)6-9(8)13(18)19/h5-7H,2-4H2,1H3,(H,18,19). The van der Waals surface area contributed by atoms with Crippen molar-refractivity contribution in [2.75, 3.05) is 6.54 Å². The molecule has 1 aromatic carbocycles. The molecule has 102 valence electrons. The highest BCUT2D eigenvalue weighted by Gasteiger charge is 2.29. The van der Waals surface area contributed by atoms with Crippen LogP contribution in [0.1, 0.15) is 40.5 Å². The monoisotopic (exact) mass is 269 g/mol. The maximum Gasteiger partial charge on any atom is 0.336 e. The van der Waals surface area contributed by atoms with E-state index in [9.17, 15) is 18.4 Å². The molecule has 1 saturated heterocycles. The van der Waals surface area contributed by atoms with Crippen LogP contribution in [0.25, 0.3) is 0 Å². The number of carboxylic acids is 1. The first-order valence-electron chi connectivity index (χ1n) is 5.95. The van der Waals surface area contributed by atoms with Crippen molar-refractivity contribution < 1.29 is 23.5 Å². The summed E-state index contributed by atoms with van der Waals surface area (Å²) in [5, 5.41) is 8.98. The summed E-state index contributed by atoms with van der Waals surface area (Å²) in [6.45, 7) is 2.34. The summed E-state index contributed by atoms with van der Waals surface area (Å²) in [7, 11) is 0. The molecule has 0 aliphatic carbocycles. The highest BCUT2D eigenvalue weighted by Crippen LogP contribution is 2.23. The van der Waals surface area contributed by atoms with Crippen LogP contribution in [0.15, 0.2) is 12.1 Å². The molecule has 4 nitrogen and oxygen atoms in total. The van der Waals surface area contributed by atoms with Crippen LogP contribution >= 0.6 is 0 Å². The second kappa shape index (κ2) is 4.95. The van der Waals surface area contributed by atoms with Crippen molar-refractivity contribution in [2.24, 2.45) is 0 Å². The van der Waals surface area contributed by atoms with Crippen molar-refractivity contribution >= 4 is 11.9 Å². The third-order valence-electron chi connectivity index (χ3n) is 3.34. The number of benzene rings is 1. The zero-order valence-electron chi connectivity index (χ0n) is 10.3. The van der Waals surface area contributed by atoms with E-state index < -0.39 is 29.1 Å². The van der Waals surface area contributed by atoms with Crippen LogP contribution in [0.5, 0.6) is 0 Å². The molecule has 1 fully saturated rings. The van der Waals surface area contributed by atoms with Gasteiger partial charge in [0, 0.05) is 12.6 Å². The lowest BCUT2D eigenvalue weighted by atomic mass is 10.1. The summed E-state index contributed by atoms with van der Waals surface area (Å²) < 4.78 is 26.3. The van der Waals surface area contributed by atoms with Gasteiger partial charge in [0.25, 0.3) is 5.91 Å². The number of amides is 1. The van der Waals surface area contributed by atoms with Crippen LogP contribution in [0.4, 0.5) is 8.78 Å². The Balaban J connectivity index is 2.46. The number of hydrogen-bond acceptors (Lipinski definition) is 2. The van der Waals surface area contributed by atoms with Crippen molar-refractivity contribution in [3.8, 4) is 0 Å². The van der Waals surface area contributed by atoms with Crippen molar-refractivity contribution in [1.29, 1.82) is 0 Å². The van der Waals surface area contributed by atoms with E-state index >= 15 is 0 Å². The molecular formula is C13H13F2NO3. The number of rotatable bonds is 2. The largest absolute Gasteiger partial charge is 0.478 e. The van der Waals surface area contributed by atoms with E-state index in [1.54, 1.807) is 0 Å². The molecule has 1 N–H and O–H groups in total. The lowest BCUT2D eigenvalue weighted by Crippen LogP contribution is -2.34. The molecule has 1 unspecified atom stereocenters. The molecular weight excluding hydrogens is 256 g/mol. The van der Waals surface area contributed by atoms with Gasteiger partial charge in [0.05, 0.1) is 11.1 Å². The third kappa shape index (κ3) is 2.43. The molecule has 19 heavy (non-hydrogen) atoms. The van der Waals surface area contributed by atoms with Gasteiger partial charge in [-0.25, -0.2) is 13.6 Å². The van der Waals surface area contributed by atoms with Gasteiger partial charge in [-0.15, -0.1) is 0 Å². The Hall–Kier alpha value is -1.98. The van der Waals surface area contributed by atoms with Gasteiger partial charge in [0.1, 0.15) is 0 Å². The van der Waals surface area contributed by atoms with Crippen molar-refractivity contribution in [2.45, 2.75) is 25.8 Å². The normalized spacial score (nSPS) is 18.7. The van der Waals surface area contributed by atoms with Crippen LogP contribution < -0.4 is 0 Å². The van der Waals surface area contributed by atoms with Crippen molar-refractivity contribution in [1.82, 2.24) is 4.90 Å². The average Bonchev–Trinajstić information content (AvgIpc) is 2.77. The predicted molar refractivity (Wildman–Crippen MR) is 63.0 cm³/mol. The van der Waals surface area contributed by atoms with E-state index in [1.807, 2.05) is 6.92 Å². The fourth-order valence-corrected chi connectivity index (χ4v) is 2.29. The average molecular weight is 269 g/mol. The quantitative estimate of drug-likeness (QED) is 0.896. The second-order valence-electron chi connectivity index (χ2n) is 4.61. The van der Waals surface area contributed by atoms with E-state index in [1.165, 1.54) is 4.90 Å². The van der Waals surface area contributed by atoms with Gasteiger partial charge in [0.15, 0.2) is 11.6 Å². The van der Waals surface area contributed by atoms with Crippen LogP contribution in [0.2, 0.25) is 0 Å². The van der Waals surface area contributed by atoms with E-state index in [0.29, 0.717) is 18.7 Å². The van der Waals surface area contributed by atoms with E-state index in [4.69, 9.17) is 5.11 Å². The Morgan fingerprint density at radius 3 is 2.32 bits per heavy atom. The molecule has 1 atom stereocenters. The lowest BCUT2D eigenvalue weighted by molar-refractivity contribution is 0.0671. The summed E-state index contributed by atoms with van der Waals surface area (Å²) in [5.41, 5.74) is -0.817. The molecule has 0 spiro atoms. The maximum atomic E-state index is 13.2. The molecule has 1 aromatic rings. The Labute approximate surface area is 108 Å². The number of carbonyl (C=O) groups excluding carboxylic acids is 1. The third-order valence-corrected chi connectivity index (χ3v) is 3.34. The minimum Gasteiger partial charge on any atom is -0.478 e. The van der Waals surface area contributed by atoms with Gasteiger partial charge in [-0.05, 0) is 31.9 Å². The number of hydrogen-bond donors (Lipinski definition) is 1. The van der Waals surface area contributed by atoms with Crippen LogP contribution in [0.3, 0.4) is 0 Å². The molecule has 0 saturated carbocycles. The van der Waals surface area contributed by atoms with Gasteiger partial charge in [-0.2, -0.15) is 0 Å². The van der Waals surface area contributed by atoms with Crippen LogP contribution in [-0.4, -0.2) is 34.5 Å². The van der Waals surface area contributed by atoms with E-state index in [-0.39, 0.29) is 11.6 Å². The van der Waals surface area contributed by atoms with E-state index in [2.05, 4.69) is 0 Å². The summed E-state index contributed by atoms with van der Waals surface area (Å²) in [6, 6.07) is 1.18.